The molecule has 0 spiro atoms. The Balaban J connectivity index is 1.25. The molecule has 1 amide bonds. The number of anilines is 3. The molecule has 0 radical (unpaired) electrons. The predicted octanol–water partition coefficient (Wildman–Crippen LogP) is 3.66. The van der Waals surface area contributed by atoms with Crippen molar-refractivity contribution in [2.45, 2.75) is 6.92 Å². The van der Waals surface area contributed by atoms with E-state index in [1.54, 1.807) is 31.1 Å². The molecule has 0 saturated carbocycles. The normalized spacial score (nSPS) is 13.6. The number of piperazine rings is 1. The number of hydrogen-bond donors (Lipinski definition) is 1. The zero-order chi connectivity index (χ0) is 28.7. The van der Waals surface area contributed by atoms with Gasteiger partial charge < -0.3 is 19.9 Å². The van der Waals surface area contributed by atoms with Crippen LogP contribution in [0.4, 0.5) is 26.2 Å². The summed E-state index contributed by atoms with van der Waals surface area (Å²) in [5, 5.41) is 10.7. The summed E-state index contributed by atoms with van der Waals surface area (Å²) in [6, 6.07) is 5.82. The molecule has 14 heteroatoms. The molecule has 41 heavy (non-hydrogen) atoms. The van der Waals surface area contributed by atoms with Crippen molar-refractivity contribution in [3.05, 3.63) is 66.6 Å². The standard InChI is InChI=1S/C27H24F2N10O2/c1-4-22(40)38-7-9-39(10-8-38)27-30-13-20-24(34-27)26(32-14-31-20)33-18-5-6-21(15(2)23(18)29)41-16-11-17(28)25-19(12-16)35-36-37(25)3/h4-6,11-14H,1,7-10H2,2-3H3,(H,31,32,33). The van der Waals surface area contributed by atoms with Gasteiger partial charge in [-0.2, -0.15) is 0 Å². The van der Waals surface area contributed by atoms with Gasteiger partial charge in [0, 0.05) is 50.9 Å². The third kappa shape index (κ3) is 4.83. The van der Waals surface area contributed by atoms with Gasteiger partial charge in [0.1, 0.15) is 39.9 Å². The minimum Gasteiger partial charge on any atom is -0.457 e. The summed E-state index contributed by atoms with van der Waals surface area (Å²) in [6.07, 6.45) is 4.22. The fourth-order valence-electron chi connectivity index (χ4n) is 4.65. The summed E-state index contributed by atoms with van der Waals surface area (Å²) in [6.45, 7) is 7.22. The molecule has 3 aromatic heterocycles. The average Bonchev–Trinajstić information content (AvgIpc) is 3.37. The second-order valence-corrected chi connectivity index (χ2v) is 9.41. The maximum Gasteiger partial charge on any atom is 0.246 e. The molecule has 1 N–H and O–H groups in total. The van der Waals surface area contributed by atoms with Crippen LogP contribution in [0.1, 0.15) is 5.56 Å². The van der Waals surface area contributed by atoms with Crippen LogP contribution in [0.15, 0.2) is 49.4 Å². The fraction of sp³-hybridized carbons (Fsp3) is 0.222. The molecular formula is C27H24F2N10O2. The third-order valence-corrected chi connectivity index (χ3v) is 6.86. The maximum atomic E-state index is 15.5. The molecule has 1 fully saturated rings. The summed E-state index contributed by atoms with van der Waals surface area (Å²) in [5.74, 6) is -0.119. The number of amides is 1. The van der Waals surface area contributed by atoms with E-state index in [1.165, 1.54) is 35.3 Å². The molecule has 0 atom stereocenters. The Bertz CT molecular complexity index is 1820. The first-order valence-corrected chi connectivity index (χ1v) is 12.7. The van der Waals surface area contributed by atoms with Gasteiger partial charge in [0.25, 0.3) is 0 Å². The lowest BCUT2D eigenvalue weighted by Crippen LogP contribution is -2.48. The van der Waals surface area contributed by atoms with E-state index in [0.717, 1.165) is 0 Å². The number of aryl methyl sites for hydroxylation is 1. The highest BCUT2D eigenvalue weighted by molar-refractivity contribution is 5.88. The van der Waals surface area contributed by atoms with Crippen molar-refractivity contribution in [2.24, 2.45) is 7.05 Å². The van der Waals surface area contributed by atoms with E-state index in [0.29, 0.717) is 54.5 Å². The molecule has 0 aliphatic carbocycles. The van der Waals surface area contributed by atoms with Crippen molar-refractivity contribution in [1.82, 2.24) is 39.8 Å². The number of rotatable bonds is 6. The van der Waals surface area contributed by atoms with Gasteiger partial charge >= 0.3 is 0 Å². The molecule has 12 nitrogen and oxygen atoms in total. The van der Waals surface area contributed by atoms with Gasteiger partial charge in [0.15, 0.2) is 17.5 Å². The van der Waals surface area contributed by atoms with Crippen molar-refractivity contribution in [2.75, 3.05) is 36.4 Å². The summed E-state index contributed by atoms with van der Waals surface area (Å²) in [7, 11) is 1.59. The fourth-order valence-corrected chi connectivity index (χ4v) is 4.65. The Labute approximate surface area is 232 Å². The van der Waals surface area contributed by atoms with E-state index >= 15 is 4.39 Å². The number of nitrogens with one attached hydrogen (secondary N) is 1. The molecular weight excluding hydrogens is 534 g/mol. The second-order valence-electron chi connectivity index (χ2n) is 9.41. The number of halogens is 2. The quantitative estimate of drug-likeness (QED) is 0.309. The minimum absolute atomic E-state index is 0.114. The van der Waals surface area contributed by atoms with Crippen LogP contribution in [-0.4, -0.2) is 71.9 Å². The lowest BCUT2D eigenvalue weighted by Gasteiger charge is -2.34. The first kappa shape index (κ1) is 26.0. The number of carbonyl (C=O) groups excluding carboxylic acids is 1. The average molecular weight is 559 g/mol. The highest BCUT2D eigenvalue weighted by Crippen LogP contribution is 2.34. The molecule has 2 aromatic carbocycles. The van der Waals surface area contributed by atoms with Crippen LogP contribution >= 0.6 is 0 Å². The summed E-state index contributed by atoms with van der Waals surface area (Å²) in [4.78, 5) is 33.2. The van der Waals surface area contributed by atoms with Crippen LogP contribution in [0, 0.1) is 18.6 Å². The van der Waals surface area contributed by atoms with Crippen molar-refractivity contribution in [3.63, 3.8) is 0 Å². The van der Waals surface area contributed by atoms with Gasteiger partial charge in [0.2, 0.25) is 11.9 Å². The first-order chi connectivity index (χ1) is 19.8. The zero-order valence-corrected chi connectivity index (χ0v) is 22.2. The zero-order valence-electron chi connectivity index (χ0n) is 22.2. The number of hydrogen-bond acceptors (Lipinski definition) is 10. The Kier molecular flexibility index (Phi) is 6.57. The van der Waals surface area contributed by atoms with Crippen molar-refractivity contribution >= 4 is 45.4 Å². The van der Waals surface area contributed by atoms with E-state index in [1.807, 2.05) is 4.90 Å². The van der Waals surface area contributed by atoms with Gasteiger partial charge in [-0.3, -0.25) is 4.79 Å². The van der Waals surface area contributed by atoms with Crippen LogP contribution in [0.25, 0.3) is 22.1 Å². The summed E-state index contributed by atoms with van der Waals surface area (Å²) >= 11 is 0. The van der Waals surface area contributed by atoms with E-state index in [2.05, 4.69) is 42.1 Å². The van der Waals surface area contributed by atoms with Crippen molar-refractivity contribution < 1.29 is 18.3 Å². The third-order valence-electron chi connectivity index (χ3n) is 6.86. The van der Waals surface area contributed by atoms with E-state index in [-0.39, 0.29) is 34.2 Å². The maximum absolute atomic E-state index is 15.5. The number of fused-ring (bicyclic) bond motifs is 2. The Morgan fingerprint density at radius 3 is 2.68 bits per heavy atom. The van der Waals surface area contributed by atoms with Gasteiger partial charge in [0.05, 0.1) is 11.9 Å². The first-order valence-electron chi connectivity index (χ1n) is 12.7. The molecule has 0 unspecified atom stereocenters. The second kappa shape index (κ2) is 10.4. The molecule has 208 valence electrons. The summed E-state index contributed by atoms with van der Waals surface area (Å²) in [5.41, 5.74) is 1.80. The van der Waals surface area contributed by atoms with Gasteiger partial charge in [-0.05, 0) is 25.1 Å². The minimum atomic E-state index is -0.576. The molecule has 5 aromatic rings. The van der Waals surface area contributed by atoms with Gasteiger partial charge in [-0.25, -0.2) is 33.4 Å². The highest BCUT2D eigenvalue weighted by atomic mass is 19.1. The molecule has 1 aliphatic heterocycles. The largest absolute Gasteiger partial charge is 0.457 e. The van der Waals surface area contributed by atoms with Crippen LogP contribution < -0.4 is 15.0 Å². The van der Waals surface area contributed by atoms with E-state index in [4.69, 9.17) is 4.74 Å². The Morgan fingerprint density at radius 2 is 1.90 bits per heavy atom. The topological polar surface area (TPSA) is 127 Å². The van der Waals surface area contributed by atoms with Crippen LogP contribution in [-0.2, 0) is 11.8 Å². The Hall–Kier alpha value is -5.27. The van der Waals surface area contributed by atoms with Gasteiger partial charge in [-0.15, -0.1) is 5.10 Å². The molecule has 0 bridgehead atoms. The SMILES string of the molecule is C=CC(=O)N1CCN(c2ncc3ncnc(Nc4ccc(Oc5cc(F)c6c(c5)nnn6C)c(C)c4F)c3n2)CC1. The van der Waals surface area contributed by atoms with E-state index < -0.39 is 11.6 Å². The smallest absolute Gasteiger partial charge is 0.246 e. The number of carbonyl (C=O) groups is 1. The van der Waals surface area contributed by atoms with Crippen LogP contribution in [0.5, 0.6) is 11.5 Å². The lowest BCUT2D eigenvalue weighted by atomic mass is 10.1. The summed E-state index contributed by atoms with van der Waals surface area (Å²) < 4.78 is 37.2. The molecule has 1 saturated heterocycles. The molecule has 4 heterocycles. The highest BCUT2D eigenvalue weighted by Gasteiger charge is 2.22. The van der Waals surface area contributed by atoms with Crippen molar-refractivity contribution in [3.8, 4) is 11.5 Å². The van der Waals surface area contributed by atoms with E-state index in [9.17, 15) is 9.18 Å². The molecule has 6 rings (SSSR count). The monoisotopic (exact) mass is 558 g/mol. The number of benzene rings is 2. The van der Waals surface area contributed by atoms with Crippen molar-refractivity contribution in [1.29, 1.82) is 0 Å². The van der Waals surface area contributed by atoms with Crippen LogP contribution in [0.3, 0.4) is 0 Å². The lowest BCUT2D eigenvalue weighted by molar-refractivity contribution is -0.126. The predicted molar refractivity (Wildman–Crippen MR) is 147 cm³/mol. The molecule has 1 aliphatic rings. The number of aromatic nitrogens is 7. The van der Waals surface area contributed by atoms with Gasteiger partial charge in [-0.1, -0.05) is 11.8 Å². The number of ether oxygens (including phenoxy) is 1. The van der Waals surface area contributed by atoms with Crippen LogP contribution in [0.2, 0.25) is 0 Å². The Morgan fingerprint density at radius 1 is 1.10 bits per heavy atom. The number of nitrogens with zero attached hydrogens (tertiary/aromatic N) is 9.